The van der Waals surface area contributed by atoms with E-state index in [4.69, 9.17) is 5.26 Å². The van der Waals surface area contributed by atoms with E-state index in [-0.39, 0.29) is 0 Å². The minimum absolute atomic E-state index is 0.479. The van der Waals surface area contributed by atoms with Gasteiger partial charge in [-0.25, -0.2) is 0 Å². The van der Waals surface area contributed by atoms with Crippen LogP contribution in [0.25, 0.3) is 0 Å². The molecule has 0 aliphatic rings. The molecular weight excluding hydrogens is 164 g/mol. The number of hydrogen-bond acceptors (Lipinski definition) is 2. The van der Waals surface area contributed by atoms with Gasteiger partial charge in [-0.2, -0.15) is 5.26 Å². The molecule has 0 saturated carbocycles. The first-order valence-electron chi connectivity index (χ1n) is 3.93. The number of carbonyl (C=O) groups is 1. The zero-order chi connectivity index (χ0) is 9.68. The lowest BCUT2D eigenvalue weighted by Gasteiger charge is -2.12. The molecule has 1 rings (SSSR count). The second-order valence-corrected chi connectivity index (χ2v) is 2.76. The summed E-state index contributed by atoms with van der Waals surface area (Å²) in [6.45, 7) is 0.479. The number of carbonyl (C=O) groups excluding carboxylic acids is 1. The smallest absolute Gasteiger partial charge is 0.325 e. The first-order chi connectivity index (χ1) is 6.24. The second-order valence-electron chi connectivity index (χ2n) is 2.76. The molecule has 3 nitrogen and oxygen atoms in total. The van der Waals surface area contributed by atoms with E-state index in [0.717, 1.165) is 5.56 Å². The number of benzene rings is 1. The molecule has 0 atom stereocenters. The minimum Gasteiger partial charge on any atom is -0.329 e. The highest BCUT2D eigenvalue weighted by atomic mass is 16.2. The topological polar surface area (TPSA) is 44.1 Å². The number of nitriles is 1. The van der Waals surface area contributed by atoms with Gasteiger partial charge in [0.05, 0.1) is 0 Å². The third-order valence-corrected chi connectivity index (χ3v) is 1.70. The van der Waals surface area contributed by atoms with Crippen molar-refractivity contribution in [3.63, 3.8) is 0 Å². The lowest BCUT2D eigenvalue weighted by atomic mass is 10.2. The van der Waals surface area contributed by atoms with Crippen LogP contribution in [0.4, 0.5) is 0 Å². The molecule has 0 bridgehead atoms. The van der Waals surface area contributed by atoms with Crippen molar-refractivity contribution in [2.24, 2.45) is 0 Å². The Balaban J connectivity index is 2.61. The molecule has 13 heavy (non-hydrogen) atoms. The van der Waals surface area contributed by atoms with Gasteiger partial charge in [0.2, 0.25) is 0 Å². The van der Waals surface area contributed by atoms with Crippen molar-refractivity contribution in [1.29, 1.82) is 5.26 Å². The van der Waals surface area contributed by atoms with Gasteiger partial charge in [-0.3, -0.25) is 4.79 Å². The quantitative estimate of drug-likeness (QED) is 0.632. The average molecular weight is 174 g/mol. The number of amides is 1. The van der Waals surface area contributed by atoms with Crippen LogP contribution in [0.3, 0.4) is 0 Å². The van der Waals surface area contributed by atoms with E-state index in [1.807, 2.05) is 30.3 Å². The summed E-state index contributed by atoms with van der Waals surface area (Å²) in [5.74, 6) is -0.510. The van der Waals surface area contributed by atoms with Crippen LogP contribution >= 0.6 is 0 Å². The van der Waals surface area contributed by atoms with Gasteiger partial charge in [-0.1, -0.05) is 30.3 Å². The third kappa shape index (κ3) is 2.60. The maximum absolute atomic E-state index is 10.9. The maximum Gasteiger partial charge on any atom is 0.325 e. The van der Waals surface area contributed by atoms with Gasteiger partial charge < -0.3 is 4.90 Å². The Labute approximate surface area is 77.2 Å². The van der Waals surface area contributed by atoms with Crippen molar-refractivity contribution in [2.45, 2.75) is 6.54 Å². The van der Waals surface area contributed by atoms with Crippen LogP contribution in [-0.2, 0) is 11.3 Å². The molecule has 0 spiro atoms. The van der Waals surface area contributed by atoms with Gasteiger partial charge in [-0.15, -0.1) is 0 Å². The van der Waals surface area contributed by atoms with Gasteiger partial charge in [-0.05, 0) is 5.56 Å². The summed E-state index contributed by atoms with van der Waals surface area (Å²) in [4.78, 5) is 12.3. The van der Waals surface area contributed by atoms with E-state index in [1.54, 1.807) is 13.1 Å². The Morgan fingerprint density at radius 1 is 1.46 bits per heavy atom. The molecule has 0 aliphatic heterocycles. The molecule has 66 valence electrons. The largest absolute Gasteiger partial charge is 0.329 e. The summed E-state index contributed by atoms with van der Waals surface area (Å²) in [6.07, 6.45) is 0. The van der Waals surface area contributed by atoms with Gasteiger partial charge in [0, 0.05) is 13.6 Å². The molecule has 3 heteroatoms. The van der Waals surface area contributed by atoms with Crippen molar-refractivity contribution >= 4 is 5.91 Å². The van der Waals surface area contributed by atoms with E-state index in [0.29, 0.717) is 6.54 Å². The van der Waals surface area contributed by atoms with E-state index >= 15 is 0 Å². The van der Waals surface area contributed by atoms with Crippen molar-refractivity contribution in [3.8, 4) is 6.07 Å². The molecule has 1 amide bonds. The Morgan fingerprint density at radius 3 is 2.62 bits per heavy atom. The predicted molar refractivity (Wildman–Crippen MR) is 48.5 cm³/mol. The fourth-order valence-electron chi connectivity index (χ4n) is 1.01. The van der Waals surface area contributed by atoms with Crippen molar-refractivity contribution in [3.05, 3.63) is 35.9 Å². The summed E-state index contributed by atoms with van der Waals surface area (Å²) >= 11 is 0. The van der Waals surface area contributed by atoms with Crippen LogP contribution in [0.15, 0.2) is 30.3 Å². The van der Waals surface area contributed by atoms with Gasteiger partial charge in [0.1, 0.15) is 0 Å². The summed E-state index contributed by atoms with van der Waals surface area (Å²) in [5.41, 5.74) is 1.02. The molecule has 1 aromatic rings. The SMILES string of the molecule is CN(Cc1ccccc1)C(=O)C#N. The van der Waals surface area contributed by atoms with Crippen LogP contribution in [0.1, 0.15) is 5.56 Å². The van der Waals surface area contributed by atoms with Crippen molar-refractivity contribution in [2.75, 3.05) is 7.05 Å². The summed E-state index contributed by atoms with van der Waals surface area (Å²) < 4.78 is 0. The molecule has 0 heterocycles. The summed E-state index contributed by atoms with van der Waals surface area (Å²) in [7, 11) is 1.61. The first kappa shape index (κ1) is 9.27. The highest BCUT2D eigenvalue weighted by Gasteiger charge is 2.06. The van der Waals surface area contributed by atoms with E-state index < -0.39 is 5.91 Å². The standard InChI is InChI=1S/C10H10N2O/c1-12(10(13)7-11)8-9-5-3-2-4-6-9/h2-6H,8H2,1H3. The Hall–Kier alpha value is -1.82. The molecule has 0 aliphatic carbocycles. The monoisotopic (exact) mass is 174 g/mol. The second kappa shape index (κ2) is 4.27. The molecule has 1 aromatic carbocycles. The van der Waals surface area contributed by atoms with Crippen LogP contribution in [0, 0.1) is 11.3 Å². The fourth-order valence-corrected chi connectivity index (χ4v) is 1.01. The Morgan fingerprint density at radius 2 is 2.08 bits per heavy atom. The predicted octanol–water partition coefficient (Wildman–Crippen LogP) is 1.17. The van der Waals surface area contributed by atoms with Crippen LogP contribution in [0.5, 0.6) is 0 Å². The highest BCUT2D eigenvalue weighted by molar-refractivity contribution is 5.90. The number of nitrogens with zero attached hydrogens (tertiary/aromatic N) is 2. The van der Waals surface area contributed by atoms with E-state index in [9.17, 15) is 4.79 Å². The van der Waals surface area contributed by atoms with Crippen LogP contribution in [-0.4, -0.2) is 17.9 Å². The van der Waals surface area contributed by atoms with Crippen molar-refractivity contribution in [1.82, 2.24) is 4.90 Å². The van der Waals surface area contributed by atoms with Gasteiger partial charge >= 0.3 is 5.91 Å². The Kier molecular flexibility index (Phi) is 3.04. The minimum atomic E-state index is -0.510. The molecule has 0 saturated heterocycles. The summed E-state index contributed by atoms with van der Waals surface area (Å²) in [6, 6.07) is 11.1. The number of hydrogen-bond donors (Lipinski definition) is 0. The van der Waals surface area contributed by atoms with E-state index in [1.165, 1.54) is 4.90 Å². The zero-order valence-corrected chi connectivity index (χ0v) is 7.40. The molecule has 0 unspecified atom stereocenters. The molecular formula is C10H10N2O. The van der Waals surface area contributed by atoms with Gasteiger partial charge in [0.25, 0.3) is 0 Å². The third-order valence-electron chi connectivity index (χ3n) is 1.70. The van der Waals surface area contributed by atoms with Gasteiger partial charge in [0.15, 0.2) is 6.07 Å². The maximum atomic E-state index is 10.9. The first-order valence-corrected chi connectivity index (χ1v) is 3.93. The molecule has 0 radical (unpaired) electrons. The lowest BCUT2D eigenvalue weighted by Crippen LogP contribution is -2.24. The van der Waals surface area contributed by atoms with Crippen molar-refractivity contribution < 1.29 is 4.79 Å². The molecule has 0 fully saturated rings. The fraction of sp³-hybridized carbons (Fsp3) is 0.200. The van der Waals surface area contributed by atoms with Crippen LogP contribution in [0.2, 0.25) is 0 Å². The van der Waals surface area contributed by atoms with Crippen LogP contribution < -0.4 is 0 Å². The zero-order valence-electron chi connectivity index (χ0n) is 7.40. The normalized spacial score (nSPS) is 8.92. The average Bonchev–Trinajstić information content (AvgIpc) is 2.18. The van der Waals surface area contributed by atoms with E-state index in [2.05, 4.69) is 0 Å². The molecule has 0 aromatic heterocycles. The highest BCUT2D eigenvalue weighted by Crippen LogP contribution is 2.01. The Bertz CT molecular complexity index is 327. The lowest BCUT2D eigenvalue weighted by molar-refractivity contribution is -0.124. The molecule has 0 N–H and O–H groups in total. The summed E-state index contributed by atoms with van der Waals surface area (Å²) in [5, 5.41) is 8.34. The number of rotatable bonds is 2.